The van der Waals surface area contributed by atoms with E-state index in [2.05, 4.69) is 40.8 Å². The Morgan fingerprint density at radius 2 is 1.81 bits per heavy atom. The highest BCUT2D eigenvalue weighted by Gasteiger charge is 2.54. The molecule has 21 heavy (non-hydrogen) atoms. The highest BCUT2D eigenvalue weighted by atomic mass is 28.4. The average Bonchev–Trinajstić information content (AvgIpc) is 2.65. The van der Waals surface area contributed by atoms with Gasteiger partial charge in [0.2, 0.25) is 0 Å². The molecule has 0 aliphatic heterocycles. The third kappa shape index (κ3) is 3.11. The predicted molar refractivity (Wildman–Crippen MR) is 91.9 cm³/mol. The van der Waals surface area contributed by atoms with Gasteiger partial charge in [0, 0.05) is 6.10 Å². The number of hydrogen-bond acceptors (Lipinski definition) is 2. The number of aliphatic hydroxyl groups excluding tert-OH is 1. The normalized spacial score (nSPS) is 39.1. The van der Waals surface area contributed by atoms with Gasteiger partial charge in [-0.2, -0.15) is 0 Å². The van der Waals surface area contributed by atoms with Gasteiger partial charge >= 0.3 is 0 Å². The summed E-state index contributed by atoms with van der Waals surface area (Å²) >= 11 is 0. The first-order valence-corrected chi connectivity index (χ1v) is 11.8. The van der Waals surface area contributed by atoms with Crippen LogP contribution in [-0.2, 0) is 4.43 Å². The van der Waals surface area contributed by atoms with Crippen molar-refractivity contribution in [3.8, 4) is 0 Å². The molecule has 5 atom stereocenters. The Labute approximate surface area is 132 Å². The molecule has 0 aromatic rings. The summed E-state index contributed by atoms with van der Waals surface area (Å²) in [4.78, 5) is 0. The Bertz CT molecular complexity index is 372. The first-order valence-electron chi connectivity index (χ1n) is 8.85. The zero-order chi connectivity index (χ0) is 16.1. The molecule has 0 spiro atoms. The van der Waals surface area contributed by atoms with Crippen LogP contribution >= 0.6 is 0 Å². The molecule has 0 bridgehead atoms. The van der Waals surface area contributed by atoms with E-state index in [0.717, 1.165) is 0 Å². The van der Waals surface area contributed by atoms with E-state index in [4.69, 9.17) is 4.43 Å². The zero-order valence-corrected chi connectivity index (χ0v) is 16.2. The van der Waals surface area contributed by atoms with E-state index < -0.39 is 8.32 Å². The van der Waals surface area contributed by atoms with Crippen molar-refractivity contribution in [2.75, 3.05) is 0 Å². The minimum atomic E-state index is -1.70. The monoisotopic (exact) mass is 312 g/mol. The summed E-state index contributed by atoms with van der Waals surface area (Å²) in [6, 6.07) is 0. The lowest BCUT2D eigenvalue weighted by molar-refractivity contribution is -0.0384. The summed E-state index contributed by atoms with van der Waals surface area (Å²) in [6.45, 7) is 16.1. The Morgan fingerprint density at radius 3 is 2.33 bits per heavy atom. The topological polar surface area (TPSA) is 29.5 Å². The molecule has 0 aromatic carbocycles. The largest absolute Gasteiger partial charge is 0.414 e. The van der Waals surface area contributed by atoms with Crippen LogP contribution in [0.4, 0.5) is 0 Å². The Kier molecular flexibility index (Phi) is 4.70. The molecule has 2 saturated carbocycles. The van der Waals surface area contributed by atoms with Gasteiger partial charge in [0.05, 0.1) is 6.10 Å². The van der Waals surface area contributed by atoms with E-state index in [9.17, 15) is 5.11 Å². The lowest BCUT2D eigenvalue weighted by Crippen LogP contribution is -2.50. The van der Waals surface area contributed by atoms with Crippen molar-refractivity contribution in [2.45, 2.75) is 97.1 Å². The number of hydrogen-bond donors (Lipinski definition) is 1. The SMILES string of the molecule is CC(O)C1CCC2C(O[Si](C)(C)C(C)(C)C)CCCC12C. The highest BCUT2D eigenvalue weighted by molar-refractivity contribution is 6.74. The fraction of sp³-hybridized carbons (Fsp3) is 1.00. The van der Waals surface area contributed by atoms with Crippen LogP contribution in [0.5, 0.6) is 0 Å². The molecule has 2 aliphatic rings. The van der Waals surface area contributed by atoms with Gasteiger partial charge in [0.1, 0.15) is 0 Å². The van der Waals surface area contributed by atoms with Gasteiger partial charge in [-0.05, 0) is 68.0 Å². The fourth-order valence-electron chi connectivity index (χ4n) is 4.65. The van der Waals surface area contributed by atoms with Crippen LogP contribution in [0.15, 0.2) is 0 Å². The van der Waals surface area contributed by atoms with Gasteiger partial charge in [-0.15, -0.1) is 0 Å². The van der Waals surface area contributed by atoms with Gasteiger partial charge in [-0.25, -0.2) is 0 Å². The number of fused-ring (bicyclic) bond motifs is 1. The van der Waals surface area contributed by atoms with Crippen molar-refractivity contribution in [3.05, 3.63) is 0 Å². The van der Waals surface area contributed by atoms with E-state index in [0.29, 0.717) is 23.4 Å². The number of aliphatic hydroxyl groups is 1. The molecule has 2 fully saturated rings. The van der Waals surface area contributed by atoms with Gasteiger partial charge < -0.3 is 9.53 Å². The molecule has 0 heterocycles. The van der Waals surface area contributed by atoms with Crippen molar-refractivity contribution >= 4 is 8.32 Å². The fourth-order valence-corrected chi connectivity index (χ4v) is 6.04. The summed E-state index contributed by atoms with van der Waals surface area (Å²) in [5, 5.41) is 10.5. The standard InChI is InChI=1S/C18H36O2Si/c1-13(19)14-10-11-15-16(9-8-12-18(14,15)5)20-21(6,7)17(2,3)4/h13-16,19H,8-12H2,1-7H3. The summed E-state index contributed by atoms with van der Waals surface area (Å²) < 4.78 is 6.81. The van der Waals surface area contributed by atoms with Crippen LogP contribution in [0.25, 0.3) is 0 Å². The van der Waals surface area contributed by atoms with Crippen molar-refractivity contribution in [3.63, 3.8) is 0 Å². The first kappa shape index (κ1) is 17.5. The van der Waals surface area contributed by atoms with Crippen LogP contribution in [-0.4, -0.2) is 25.6 Å². The van der Waals surface area contributed by atoms with E-state index in [1.165, 1.54) is 32.1 Å². The minimum Gasteiger partial charge on any atom is -0.414 e. The van der Waals surface area contributed by atoms with Gasteiger partial charge in [0.25, 0.3) is 0 Å². The summed E-state index contributed by atoms with van der Waals surface area (Å²) in [6.07, 6.45) is 6.42. The smallest absolute Gasteiger partial charge is 0.192 e. The second-order valence-electron chi connectivity index (χ2n) is 9.35. The van der Waals surface area contributed by atoms with E-state index in [1.54, 1.807) is 0 Å². The Hall–Kier alpha value is 0.137. The van der Waals surface area contributed by atoms with Crippen LogP contribution in [0.2, 0.25) is 18.1 Å². The first-order chi connectivity index (χ1) is 9.49. The van der Waals surface area contributed by atoms with E-state index >= 15 is 0 Å². The Morgan fingerprint density at radius 1 is 1.19 bits per heavy atom. The maximum atomic E-state index is 10.2. The summed E-state index contributed by atoms with van der Waals surface area (Å²) in [5.74, 6) is 1.12. The van der Waals surface area contributed by atoms with Gasteiger partial charge in [-0.3, -0.25) is 0 Å². The van der Waals surface area contributed by atoms with Crippen molar-refractivity contribution < 1.29 is 9.53 Å². The third-order valence-electron chi connectivity index (χ3n) is 6.97. The molecule has 3 heteroatoms. The quantitative estimate of drug-likeness (QED) is 0.745. The highest BCUT2D eigenvalue weighted by Crippen LogP contribution is 2.58. The minimum absolute atomic E-state index is 0.174. The van der Waals surface area contributed by atoms with Crippen molar-refractivity contribution in [1.29, 1.82) is 0 Å². The maximum Gasteiger partial charge on any atom is 0.192 e. The maximum absolute atomic E-state index is 10.2. The summed E-state index contributed by atoms with van der Waals surface area (Å²) in [5.41, 5.74) is 0.291. The molecule has 0 saturated heterocycles. The third-order valence-corrected chi connectivity index (χ3v) is 11.5. The second kappa shape index (κ2) is 5.65. The molecule has 0 radical (unpaired) electrons. The lowest BCUT2D eigenvalue weighted by Gasteiger charge is -2.49. The summed E-state index contributed by atoms with van der Waals surface area (Å²) in [7, 11) is -1.70. The zero-order valence-electron chi connectivity index (χ0n) is 15.2. The van der Waals surface area contributed by atoms with Crippen LogP contribution < -0.4 is 0 Å². The molecular formula is C18H36O2Si. The van der Waals surface area contributed by atoms with Crippen molar-refractivity contribution in [1.82, 2.24) is 0 Å². The van der Waals surface area contributed by atoms with Crippen LogP contribution in [0.1, 0.15) is 66.7 Å². The molecule has 2 rings (SSSR count). The molecule has 2 aliphatic carbocycles. The Balaban J connectivity index is 2.17. The van der Waals surface area contributed by atoms with E-state index in [1.807, 2.05) is 6.92 Å². The number of rotatable bonds is 3. The molecule has 0 amide bonds. The second-order valence-corrected chi connectivity index (χ2v) is 14.1. The predicted octanol–water partition coefficient (Wildman–Crippen LogP) is 4.97. The lowest BCUT2D eigenvalue weighted by atomic mass is 9.63. The van der Waals surface area contributed by atoms with Crippen LogP contribution in [0.3, 0.4) is 0 Å². The molecule has 0 aromatic heterocycles. The van der Waals surface area contributed by atoms with Crippen molar-refractivity contribution in [2.24, 2.45) is 17.3 Å². The molecular weight excluding hydrogens is 276 g/mol. The molecule has 2 nitrogen and oxygen atoms in total. The molecule has 5 unspecified atom stereocenters. The average molecular weight is 313 g/mol. The van der Waals surface area contributed by atoms with E-state index in [-0.39, 0.29) is 11.1 Å². The van der Waals surface area contributed by atoms with Gasteiger partial charge in [0.15, 0.2) is 8.32 Å². The molecule has 1 N–H and O–H groups in total. The van der Waals surface area contributed by atoms with Gasteiger partial charge in [-0.1, -0.05) is 34.1 Å². The molecule has 124 valence electrons. The van der Waals surface area contributed by atoms with Crippen LogP contribution in [0, 0.1) is 17.3 Å².